The second-order valence-corrected chi connectivity index (χ2v) is 6.21. The molecule has 2 aromatic carbocycles. The van der Waals surface area contributed by atoms with Crippen molar-refractivity contribution in [3.63, 3.8) is 0 Å². The van der Waals surface area contributed by atoms with Crippen LogP contribution in [0.25, 0.3) is 22.3 Å². The molecule has 0 radical (unpaired) electrons. The largest absolute Gasteiger partial charge is 0.485 e. The topological polar surface area (TPSA) is 75.0 Å². The lowest BCUT2D eigenvalue weighted by Gasteiger charge is -2.25. The van der Waals surface area contributed by atoms with Gasteiger partial charge in [0.15, 0.2) is 16.9 Å². The second kappa shape index (κ2) is 6.79. The third-order valence-electron chi connectivity index (χ3n) is 4.44. The molecule has 138 valence electrons. The summed E-state index contributed by atoms with van der Waals surface area (Å²) in [4.78, 5) is 24.4. The summed E-state index contributed by atoms with van der Waals surface area (Å²) in [5, 5.41) is 0.550. The van der Waals surface area contributed by atoms with Gasteiger partial charge in [0, 0.05) is 11.1 Å². The third kappa shape index (κ3) is 3.03. The van der Waals surface area contributed by atoms with Crippen LogP contribution in [0.1, 0.15) is 12.5 Å². The molecule has 1 unspecified atom stereocenters. The minimum Gasteiger partial charge on any atom is -0.485 e. The third-order valence-corrected chi connectivity index (χ3v) is 4.44. The van der Waals surface area contributed by atoms with E-state index in [9.17, 15) is 9.59 Å². The van der Waals surface area contributed by atoms with Gasteiger partial charge in [-0.25, -0.2) is 4.79 Å². The van der Waals surface area contributed by atoms with Crippen LogP contribution in [0, 0.1) is 6.92 Å². The molecule has 3 aromatic rings. The molecular formula is C21H18O6. The Morgan fingerprint density at radius 1 is 1.19 bits per heavy atom. The molecule has 6 heteroatoms. The molecule has 1 aromatic heterocycles. The van der Waals surface area contributed by atoms with Gasteiger partial charge < -0.3 is 18.6 Å². The van der Waals surface area contributed by atoms with E-state index in [1.54, 1.807) is 44.2 Å². The number of esters is 1. The number of carbonyl (C=O) groups is 1. The number of rotatable bonds is 3. The van der Waals surface area contributed by atoms with E-state index in [4.69, 9.17) is 18.6 Å². The van der Waals surface area contributed by atoms with E-state index in [2.05, 4.69) is 0 Å². The maximum absolute atomic E-state index is 12.6. The van der Waals surface area contributed by atoms with Gasteiger partial charge in [0.25, 0.3) is 0 Å². The highest BCUT2D eigenvalue weighted by Gasteiger charge is 2.29. The van der Waals surface area contributed by atoms with Crippen molar-refractivity contribution >= 4 is 16.9 Å². The standard InChI is InChI=1S/C21H18O6/c1-3-24-21(23)18-11-25-17-10-13(8-9-16(17)26-18)20-12(2)19(22)14-6-4-5-7-15(14)27-20/h4-10,18H,3,11H2,1-2H3. The maximum atomic E-state index is 12.6. The first-order valence-electron chi connectivity index (χ1n) is 8.71. The van der Waals surface area contributed by atoms with Crippen molar-refractivity contribution in [2.45, 2.75) is 20.0 Å². The highest BCUT2D eigenvalue weighted by Crippen LogP contribution is 2.37. The molecule has 1 atom stereocenters. The van der Waals surface area contributed by atoms with Gasteiger partial charge in [0.1, 0.15) is 18.0 Å². The number of benzene rings is 2. The van der Waals surface area contributed by atoms with Crippen molar-refractivity contribution in [1.29, 1.82) is 0 Å². The van der Waals surface area contributed by atoms with Crippen LogP contribution in [-0.4, -0.2) is 25.3 Å². The molecule has 0 spiro atoms. The molecule has 1 aliphatic heterocycles. The zero-order chi connectivity index (χ0) is 19.0. The summed E-state index contributed by atoms with van der Waals surface area (Å²) in [7, 11) is 0. The van der Waals surface area contributed by atoms with Gasteiger partial charge in [0.05, 0.1) is 12.0 Å². The highest BCUT2D eigenvalue weighted by molar-refractivity contribution is 5.81. The van der Waals surface area contributed by atoms with Crippen molar-refractivity contribution in [2.75, 3.05) is 13.2 Å². The molecular weight excluding hydrogens is 348 g/mol. The van der Waals surface area contributed by atoms with E-state index < -0.39 is 12.1 Å². The normalized spacial score (nSPS) is 15.6. The van der Waals surface area contributed by atoms with E-state index in [0.29, 0.717) is 39.4 Å². The highest BCUT2D eigenvalue weighted by atomic mass is 16.6. The molecule has 2 heterocycles. The van der Waals surface area contributed by atoms with Crippen LogP contribution in [0.15, 0.2) is 51.7 Å². The molecule has 0 fully saturated rings. The Morgan fingerprint density at radius 2 is 2.00 bits per heavy atom. The molecule has 0 aliphatic carbocycles. The van der Waals surface area contributed by atoms with Crippen molar-refractivity contribution in [3.8, 4) is 22.8 Å². The first kappa shape index (κ1) is 17.1. The summed E-state index contributed by atoms with van der Waals surface area (Å²) in [6.45, 7) is 3.82. The fraction of sp³-hybridized carbons (Fsp3) is 0.238. The van der Waals surface area contributed by atoms with E-state index in [-0.39, 0.29) is 18.6 Å². The van der Waals surface area contributed by atoms with Crippen LogP contribution in [0.3, 0.4) is 0 Å². The molecule has 27 heavy (non-hydrogen) atoms. The molecule has 0 amide bonds. The second-order valence-electron chi connectivity index (χ2n) is 6.21. The van der Waals surface area contributed by atoms with Gasteiger partial charge in [0.2, 0.25) is 6.10 Å². The van der Waals surface area contributed by atoms with Gasteiger partial charge in [-0.05, 0) is 44.2 Å². The summed E-state index contributed by atoms with van der Waals surface area (Å²) >= 11 is 0. The Hall–Kier alpha value is -3.28. The van der Waals surface area contributed by atoms with Gasteiger partial charge in [-0.2, -0.15) is 0 Å². The number of fused-ring (bicyclic) bond motifs is 2. The number of carbonyl (C=O) groups excluding carboxylic acids is 1. The van der Waals surface area contributed by atoms with Gasteiger partial charge in [-0.1, -0.05) is 12.1 Å². The fourth-order valence-corrected chi connectivity index (χ4v) is 3.07. The maximum Gasteiger partial charge on any atom is 0.350 e. The lowest BCUT2D eigenvalue weighted by Crippen LogP contribution is -2.37. The van der Waals surface area contributed by atoms with Crippen LogP contribution in [0.4, 0.5) is 0 Å². The van der Waals surface area contributed by atoms with E-state index in [1.807, 2.05) is 12.1 Å². The van der Waals surface area contributed by atoms with Gasteiger partial charge in [-0.15, -0.1) is 0 Å². The van der Waals surface area contributed by atoms with E-state index in [1.165, 1.54) is 0 Å². The summed E-state index contributed by atoms with van der Waals surface area (Å²) in [5.74, 6) is 0.966. The number of para-hydroxylation sites is 1. The average Bonchev–Trinajstić information content (AvgIpc) is 2.70. The fourth-order valence-electron chi connectivity index (χ4n) is 3.07. The van der Waals surface area contributed by atoms with Crippen LogP contribution in [-0.2, 0) is 9.53 Å². The molecule has 0 saturated carbocycles. The van der Waals surface area contributed by atoms with Crippen molar-refractivity contribution in [2.24, 2.45) is 0 Å². The first-order chi connectivity index (χ1) is 13.1. The number of hydrogen-bond acceptors (Lipinski definition) is 6. The molecule has 0 saturated heterocycles. The molecule has 0 bridgehead atoms. The summed E-state index contributed by atoms with van der Waals surface area (Å²) in [6, 6.07) is 12.4. The minimum absolute atomic E-state index is 0.0654. The predicted octanol–water partition coefficient (Wildman–Crippen LogP) is 3.47. The van der Waals surface area contributed by atoms with Crippen LogP contribution >= 0.6 is 0 Å². The Labute approximate surface area is 155 Å². The summed E-state index contributed by atoms with van der Waals surface area (Å²) in [6.07, 6.45) is -0.788. The zero-order valence-electron chi connectivity index (χ0n) is 15.0. The Balaban J connectivity index is 1.72. The first-order valence-corrected chi connectivity index (χ1v) is 8.71. The minimum atomic E-state index is -0.788. The van der Waals surface area contributed by atoms with Crippen molar-refractivity contribution in [1.82, 2.24) is 0 Å². The summed E-state index contributed by atoms with van der Waals surface area (Å²) < 4.78 is 22.3. The summed E-state index contributed by atoms with van der Waals surface area (Å²) in [5.41, 5.74) is 1.69. The zero-order valence-corrected chi connectivity index (χ0v) is 15.0. The number of ether oxygens (including phenoxy) is 3. The monoisotopic (exact) mass is 366 g/mol. The molecule has 4 rings (SSSR count). The SMILES string of the molecule is CCOC(=O)C1COc2cc(-c3oc4ccccc4c(=O)c3C)ccc2O1. The smallest absolute Gasteiger partial charge is 0.350 e. The Kier molecular flexibility index (Phi) is 4.32. The number of hydrogen-bond donors (Lipinski definition) is 0. The van der Waals surface area contributed by atoms with Gasteiger partial charge in [-0.3, -0.25) is 4.79 Å². The Bertz CT molecular complexity index is 1080. The van der Waals surface area contributed by atoms with Crippen molar-refractivity contribution in [3.05, 3.63) is 58.3 Å². The molecule has 6 nitrogen and oxygen atoms in total. The quantitative estimate of drug-likeness (QED) is 0.661. The molecule has 0 N–H and O–H groups in total. The van der Waals surface area contributed by atoms with Gasteiger partial charge >= 0.3 is 5.97 Å². The van der Waals surface area contributed by atoms with E-state index >= 15 is 0 Å². The van der Waals surface area contributed by atoms with Crippen LogP contribution < -0.4 is 14.9 Å². The van der Waals surface area contributed by atoms with Crippen LogP contribution in [0.2, 0.25) is 0 Å². The lowest BCUT2D eigenvalue weighted by molar-refractivity contribution is -0.153. The lowest BCUT2D eigenvalue weighted by atomic mass is 10.0. The molecule has 1 aliphatic rings. The predicted molar refractivity (Wildman–Crippen MR) is 99.2 cm³/mol. The van der Waals surface area contributed by atoms with Crippen molar-refractivity contribution < 1.29 is 23.4 Å². The average molecular weight is 366 g/mol. The van der Waals surface area contributed by atoms with E-state index in [0.717, 1.165) is 0 Å². The van der Waals surface area contributed by atoms with Crippen LogP contribution in [0.5, 0.6) is 11.5 Å². The Morgan fingerprint density at radius 3 is 2.81 bits per heavy atom.